The molecule has 0 heterocycles. The highest BCUT2D eigenvalue weighted by Crippen LogP contribution is 2.17. The third-order valence-corrected chi connectivity index (χ3v) is 4.12. The lowest BCUT2D eigenvalue weighted by atomic mass is 10.2. The first-order valence-electron chi connectivity index (χ1n) is 9.10. The Labute approximate surface area is 155 Å². The van der Waals surface area contributed by atoms with Crippen LogP contribution in [0.4, 0.5) is 5.69 Å². The summed E-state index contributed by atoms with van der Waals surface area (Å²) in [7, 11) is 0. The van der Waals surface area contributed by atoms with Gasteiger partial charge in [-0.15, -0.1) is 0 Å². The molecule has 1 unspecified atom stereocenters. The minimum Gasteiger partial charge on any atom is -0.492 e. The van der Waals surface area contributed by atoms with Crippen molar-refractivity contribution < 1.29 is 14.3 Å². The predicted octanol–water partition coefficient (Wildman–Crippen LogP) is 3.81. The van der Waals surface area contributed by atoms with Crippen molar-refractivity contribution in [2.45, 2.75) is 26.9 Å². The third-order valence-electron chi connectivity index (χ3n) is 4.12. The zero-order valence-corrected chi connectivity index (χ0v) is 15.8. The van der Waals surface area contributed by atoms with E-state index in [0.717, 1.165) is 31.1 Å². The first-order valence-corrected chi connectivity index (χ1v) is 9.10. The summed E-state index contributed by atoms with van der Waals surface area (Å²) >= 11 is 0. The lowest BCUT2D eigenvalue weighted by Crippen LogP contribution is -2.30. The van der Waals surface area contributed by atoms with Crippen LogP contribution in [0.3, 0.4) is 0 Å². The molecule has 0 aromatic heterocycles. The lowest BCUT2D eigenvalue weighted by Gasteiger charge is -2.18. The molecule has 5 nitrogen and oxygen atoms in total. The molecule has 140 valence electrons. The van der Waals surface area contributed by atoms with E-state index in [1.165, 1.54) is 0 Å². The van der Waals surface area contributed by atoms with E-state index in [1.54, 1.807) is 6.92 Å². The van der Waals surface area contributed by atoms with Crippen LogP contribution in [0.1, 0.15) is 20.8 Å². The minimum absolute atomic E-state index is 0.191. The number of ether oxygens (including phenoxy) is 2. The van der Waals surface area contributed by atoms with Crippen molar-refractivity contribution in [2.24, 2.45) is 0 Å². The topological polar surface area (TPSA) is 50.8 Å². The van der Waals surface area contributed by atoms with Crippen LogP contribution >= 0.6 is 0 Å². The van der Waals surface area contributed by atoms with Gasteiger partial charge in [0.1, 0.15) is 18.1 Å². The normalized spacial score (nSPS) is 11.8. The molecule has 5 heteroatoms. The molecule has 0 saturated heterocycles. The number of hydrogen-bond donors (Lipinski definition) is 1. The summed E-state index contributed by atoms with van der Waals surface area (Å²) < 4.78 is 11.4. The molecule has 2 aromatic rings. The van der Waals surface area contributed by atoms with Gasteiger partial charge in [0.05, 0.1) is 0 Å². The molecule has 1 amide bonds. The first-order chi connectivity index (χ1) is 12.6. The van der Waals surface area contributed by atoms with Crippen LogP contribution in [0.25, 0.3) is 0 Å². The largest absolute Gasteiger partial charge is 0.492 e. The summed E-state index contributed by atoms with van der Waals surface area (Å²) in [4.78, 5) is 14.6. The second kappa shape index (κ2) is 10.5. The van der Waals surface area contributed by atoms with Gasteiger partial charge in [-0.3, -0.25) is 4.79 Å². The van der Waals surface area contributed by atoms with Crippen LogP contribution in [-0.2, 0) is 4.79 Å². The SMILES string of the molecule is CCN(CC)CCOc1ccc(NC(=O)C(C)Oc2ccccc2)cc1. The van der Waals surface area contributed by atoms with E-state index in [9.17, 15) is 4.79 Å². The van der Waals surface area contributed by atoms with Crippen molar-refractivity contribution in [3.63, 3.8) is 0 Å². The van der Waals surface area contributed by atoms with Crippen molar-refractivity contribution in [3.05, 3.63) is 54.6 Å². The highest BCUT2D eigenvalue weighted by atomic mass is 16.5. The fourth-order valence-corrected chi connectivity index (χ4v) is 2.47. The Morgan fingerprint density at radius 2 is 1.65 bits per heavy atom. The summed E-state index contributed by atoms with van der Waals surface area (Å²) in [6.45, 7) is 9.61. The minimum atomic E-state index is -0.581. The third kappa shape index (κ3) is 6.41. The number of rotatable bonds is 10. The molecule has 2 aromatic carbocycles. The van der Waals surface area contributed by atoms with Crippen molar-refractivity contribution in [3.8, 4) is 11.5 Å². The molecule has 26 heavy (non-hydrogen) atoms. The molecule has 2 rings (SSSR count). The van der Waals surface area contributed by atoms with Gasteiger partial charge in [0, 0.05) is 12.2 Å². The number of nitrogens with one attached hydrogen (secondary N) is 1. The number of para-hydroxylation sites is 1. The maximum atomic E-state index is 12.2. The van der Waals surface area contributed by atoms with Crippen LogP contribution in [0.5, 0.6) is 11.5 Å². The Balaban J connectivity index is 1.79. The Hall–Kier alpha value is -2.53. The summed E-state index contributed by atoms with van der Waals surface area (Å²) in [5.41, 5.74) is 0.717. The molecule has 1 N–H and O–H groups in total. The summed E-state index contributed by atoms with van der Waals surface area (Å²) in [5, 5.41) is 2.85. The van der Waals surface area contributed by atoms with Crippen LogP contribution in [0, 0.1) is 0 Å². The van der Waals surface area contributed by atoms with E-state index in [-0.39, 0.29) is 5.91 Å². The molecule has 0 aliphatic rings. The van der Waals surface area contributed by atoms with E-state index in [4.69, 9.17) is 9.47 Å². The molecule has 1 atom stereocenters. The fourth-order valence-electron chi connectivity index (χ4n) is 2.47. The standard InChI is InChI=1S/C21H28N2O3/c1-4-23(5-2)15-16-25-19-13-11-18(12-14-19)22-21(24)17(3)26-20-9-7-6-8-10-20/h6-14,17H,4-5,15-16H2,1-3H3,(H,22,24). The van der Waals surface area contributed by atoms with Crippen LogP contribution in [0.2, 0.25) is 0 Å². The number of nitrogens with zero attached hydrogens (tertiary/aromatic N) is 1. The molecule has 0 bridgehead atoms. The van der Waals surface area contributed by atoms with E-state index in [2.05, 4.69) is 24.1 Å². The van der Waals surface area contributed by atoms with Gasteiger partial charge in [-0.1, -0.05) is 32.0 Å². The molecular formula is C21H28N2O3. The Morgan fingerprint density at radius 3 is 2.27 bits per heavy atom. The summed E-state index contributed by atoms with van der Waals surface area (Å²) in [6, 6.07) is 16.7. The van der Waals surface area contributed by atoms with Crippen molar-refractivity contribution in [1.82, 2.24) is 4.90 Å². The average molecular weight is 356 g/mol. The highest BCUT2D eigenvalue weighted by molar-refractivity contribution is 5.94. The number of hydrogen-bond acceptors (Lipinski definition) is 4. The zero-order chi connectivity index (χ0) is 18.8. The number of benzene rings is 2. The molecule has 0 spiro atoms. The second-order valence-corrected chi connectivity index (χ2v) is 5.96. The molecular weight excluding hydrogens is 328 g/mol. The number of amides is 1. The zero-order valence-electron chi connectivity index (χ0n) is 15.8. The fraction of sp³-hybridized carbons (Fsp3) is 0.381. The maximum absolute atomic E-state index is 12.2. The van der Waals surface area contributed by atoms with Gasteiger partial charge in [0.25, 0.3) is 5.91 Å². The van der Waals surface area contributed by atoms with Crippen LogP contribution < -0.4 is 14.8 Å². The Kier molecular flexibility index (Phi) is 7.96. The average Bonchev–Trinajstić information content (AvgIpc) is 2.67. The smallest absolute Gasteiger partial charge is 0.265 e. The number of anilines is 1. The molecule has 0 radical (unpaired) electrons. The number of carbonyl (C=O) groups excluding carboxylic acids is 1. The first kappa shape index (κ1) is 19.8. The van der Waals surface area contributed by atoms with Crippen molar-refractivity contribution in [2.75, 3.05) is 31.6 Å². The van der Waals surface area contributed by atoms with E-state index >= 15 is 0 Å². The quantitative estimate of drug-likeness (QED) is 0.703. The highest BCUT2D eigenvalue weighted by Gasteiger charge is 2.14. The molecule has 0 aliphatic heterocycles. The van der Waals surface area contributed by atoms with Crippen molar-refractivity contribution in [1.29, 1.82) is 0 Å². The molecule has 0 aliphatic carbocycles. The van der Waals surface area contributed by atoms with Crippen LogP contribution in [0.15, 0.2) is 54.6 Å². The van der Waals surface area contributed by atoms with Gasteiger partial charge in [0.2, 0.25) is 0 Å². The maximum Gasteiger partial charge on any atom is 0.265 e. The Morgan fingerprint density at radius 1 is 1.00 bits per heavy atom. The summed E-state index contributed by atoms with van der Waals surface area (Å²) in [5.74, 6) is 1.28. The monoisotopic (exact) mass is 356 g/mol. The van der Waals surface area contributed by atoms with E-state index in [1.807, 2.05) is 54.6 Å². The number of likely N-dealkylation sites (N-methyl/N-ethyl adjacent to an activating group) is 1. The van der Waals surface area contributed by atoms with Gasteiger partial charge < -0.3 is 19.7 Å². The van der Waals surface area contributed by atoms with E-state index in [0.29, 0.717) is 12.4 Å². The van der Waals surface area contributed by atoms with Crippen molar-refractivity contribution >= 4 is 11.6 Å². The lowest BCUT2D eigenvalue weighted by molar-refractivity contribution is -0.122. The van der Waals surface area contributed by atoms with Gasteiger partial charge >= 0.3 is 0 Å². The number of carbonyl (C=O) groups is 1. The Bertz CT molecular complexity index is 655. The second-order valence-electron chi connectivity index (χ2n) is 5.96. The van der Waals surface area contributed by atoms with Gasteiger partial charge in [0.15, 0.2) is 6.10 Å². The van der Waals surface area contributed by atoms with Gasteiger partial charge in [-0.05, 0) is 56.4 Å². The molecule has 0 saturated carbocycles. The molecule has 0 fully saturated rings. The van der Waals surface area contributed by atoms with E-state index < -0.39 is 6.10 Å². The van der Waals surface area contributed by atoms with Gasteiger partial charge in [-0.25, -0.2) is 0 Å². The van der Waals surface area contributed by atoms with Gasteiger partial charge in [-0.2, -0.15) is 0 Å². The summed E-state index contributed by atoms with van der Waals surface area (Å²) in [6.07, 6.45) is -0.581. The van der Waals surface area contributed by atoms with Crippen LogP contribution in [-0.4, -0.2) is 43.2 Å². The predicted molar refractivity (Wildman–Crippen MR) is 105 cm³/mol.